The summed E-state index contributed by atoms with van der Waals surface area (Å²) in [7, 11) is 0. The lowest BCUT2D eigenvalue weighted by molar-refractivity contribution is -0.163. The summed E-state index contributed by atoms with van der Waals surface area (Å²) < 4.78 is 0. The van der Waals surface area contributed by atoms with Crippen molar-refractivity contribution in [2.24, 2.45) is 40.4 Å². The lowest BCUT2D eigenvalue weighted by Crippen LogP contribution is -2.57. The summed E-state index contributed by atoms with van der Waals surface area (Å²) in [6.07, 6.45) is 14.6. The van der Waals surface area contributed by atoms with Crippen molar-refractivity contribution in [1.82, 2.24) is 0 Å². The molecule has 36 heavy (non-hydrogen) atoms. The number of hydrogen-bond donors (Lipinski definition) is 3. The molecule has 8 unspecified atom stereocenters. The van der Waals surface area contributed by atoms with Gasteiger partial charge >= 0.3 is 5.97 Å². The van der Waals surface area contributed by atoms with Crippen molar-refractivity contribution < 1.29 is 20.1 Å². The zero-order valence-corrected chi connectivity index (χ0v) is 22.3. The number of hydrogen-bond acceptors (Lipinski definition) is 3. The van der Waals surface area contributed by atoms with Gasteiger partial charge in [0.05, 0.1) is 17.3 Å². The molecule has 5 aliphatic carbocycles. The summed E-state index contributed by atoms with van der Waals surface area (Å²) in [5.41, 5.74) is 1.32. The first-order chi connectivity index (χ1) is 17.1. The van der Waals surface area contributed by atoms with E-state index in [-0.39, 0.29) is 17.4 Å². The van der Waals surface area contributed by atoms with Crippen LogP contribution >= 0.6 is 0 Å². The van der Waals surface area contributed by atoms with Crippen molar-refractivity contribution in [3.63, 3.8) is 0 Å². The molecule has 0 amide bonds. The highest BCUT2D eigenvalue weighted by Crippen LogP contribution is 2.68. The third kappa shape index (κ3) is 3.80. The highest BCUT2D eigenvalue weighted by Gasteiger charge is 2.62. The van der Waals surface area contributed by atoms with Gasteiger partial charge in [0.15, 0.2) is 0 Å². The number of fused-ring (bicyclic) bond motifs is 5. The number of rotatable bonds is 5. The maximum atomic E-state index is 11.6. The van der Waals surface area contributed by atoms with Crippen molar-refractivity contribution in [1.29, 1.82) is 0 Å². The predicted octanol–water partition coefficient (Wildman–Crippen LogP) is 6.79. The molecule has 198 valence electrons. The summed E-state index contributed by atoms with van der Waals surface area (Å²) in [6.45, 7) is 5.09. The third-order valence-electron chi connectivity index (χ3n) is 12.6. The maximum absolute atomic E-state index is 11.6. The molecule has 0 bridgehead atoms. The van der Waals surface area contributed by atoms with Crippen LogP contribution in [0.3, 0.4) is 0 Å². The van der Waals surface area contributed by atoms with E-state index in [1.54, 1.807) is 12.1 Å². The van der Waals surface area contributed by atoms with Gasteiger partial charge in [-0.1, -0.05) is 44.9 Å². The van der Waals surface area contributed by atoms with Crippen LogP contribution in [0.2, 0.25) is 0 Å². The second kappa shape index (κ2) is 8.83. The van der Waals surface area contributed by atoms with Gasteiger partial charge in [0.25, 0.3) is 0 Å². The standard InChI is InChI=1S/C32H46O4/c1-30-14-6-5-7-22(30)17-27(33)28-25-11-10-21(31(25,2)15-13-26(28)30)12-16-32(36)18-20(19-32)23-8-3-4-9-24(23)29(34)35/h3-4,8-9,20-22,25-28,33,36H,5-7,10-19H2,1-2H3,(H,34,35). The van der Waals surface area contributed by atoms with E-state index < -0.39 is 11.6 Å². The van der Waals surface area contributed by atoms with Crippen LogP contribution in [0.15, 0.2) is 24.3 Å². The Kier molecular flexibility index (Phi) is 6.11. The van der Waals surface area contributed by atoms with E-state index in [1.807, 2.05) is 12.1 Å². The van der Waals surface area contributed by atoms with E-state index in [2.05, 4.69) is 13.8 Å². The SMILES string of the molecule is CC12CCC3C(C(O)CC4CCCCC43C)C1CCC2CCC1(O)CC(c2ccccc2C(=O)O)C1. The van der Waals surface area contributed by atoms with Gasteiger partial charge in [-0.05, 0) is 129 Å². The molecule has 8 atom stereocenters. The number of aliphatic hydroxyl groups excluding tert-OH is 1. The van der Waals surface area contributed by atoms with Gasteiger partial charge in [0.2, 0.25) is 0 Å². The largest absolute Gasteiger partial charge is 0.478 e. The number of aliphatic hydroxyl groups is 2. The molecule has 0 spiro atoms. The Labute approximate surface area is 216 Å². The number of benzene rings is 1. The Morgan fingerprint density at radius 1 is 0.972 bits per heavy atom. The Balaban J connectivity index is 1.11. The monoisotopic (exact) mass is 494 g/mol. The fourth-order valence-corrected chi connectivity index (χ4v) is 10.6. The molecular weight excluding hydrogens is 448 g/mol. The summed E-state index contributed by atoms with van der Waals surface area (Å²) in [5.74, 6) is 2.40. The Morgan fingerprint density at radius 3 is 2.50 bits per heavy atom. The van der Waals surface area contributed by atoms with Crippen molar-refractivity contribution in [3.8, 4) is 0 Å². The minimum Gasteiger partial charge on any atom is -0.478 e. The number of carboxylic acid groups (broad SMARTS) is 1. The van der Waals surface area contributed by atoms with Gasteiger partial charge in [-0.3, -0.25) is 0 Å². The van der Waals surface area contributed by atoms with E-state index in [0.717, 1.165) is 30.7 Å². The minimum absolute atomic E-state index is 0.125. The molecule has 5 fully saturated rings. The van der Waals surface area contributed by atoms with Crippen LogP contribution in [-0.4, -0.2) is 33.0 Å². The minimum atomic E-state index is -0.875. The molecule has 6 rings (SSSR count). The average molecular weight is 495 g/mol. The molecule has 0 saturated heterocycles. The van der Waals surface area contributed by atoms with E-state index in [1.165, 1.54) is 51.4 Å². The molecule has 0 heterocycles. The van der Waals surface area contributed by atoms with Crippen LogP contribution in [0, 0.1) is 40.4 Å². The highest BCUT2D eigenvalue weighted by molar-refractivity contribution is 5.89. The van der Waals surface area contributed by atoms with Gasteiger partial charge < -0.3 is 15.3 Å². The maximum Gasteiger partial charge on any atom is 0.335 e. The quantitative estimate of drug-likeness (QED) is 0.421. The zero-order valence-electron chi connectivity index (χ0n) is 22.3. The molecule has 5 saturated carbocycles. The van der Waals surface area contributed by atoms with Gasteiger partial charge in [-0.15, -0.1) is 0 Å². The fraction of sp³-hybridized carbons (Fsp3) is 0.781. The number of carbonyl (C=O) groups is 1. The molecule has 3 N–H and O–H groups in total. The highest BCUT2D eigenvalue weighted by atomic mass is 16.4. The lowest BCUT2D eigenvalue weighted by atomic mass is 9.44. The van der Waals surface area contributed by atoms with Crippen molar-refractivity contribution in [3.05, 3.63) is 35.4 Å². The molecular formula is C32H46O4. The predicted molar refractivity (Wildman–Crippen MR) is 141 cm³/mol. The molecule has 5 aliphatic rings. The Hall–Kier alpha value is -1.39. The number of aromatic carboxylic acids is 1. The first kappa shape index (κ1) is 24.9. The van der Waals surface area contributed by atoms with Gasteiger partial charge in [0, 0.05) is 0 Å². The van der Waals surface area contributed by atoms with Gasteiger partial charge in [0.1, 0.15) is 0 Å². The topological polar surface area (TPSA) is 77.8 Å². The van der Waals surface area contributed by atoms with E-state index in [4.69, 9.17) is 0 Å². The molecule has 0 aromatic heterocycles. The second-order valence-electron chi connectivity index (χ2n) is 14.1. The second-order valence-corrected chi connectivity index (χ2v) is 14.1. The molecule has 0 aliphatic heterocycles. The summed E-state index contributed by atoms with van der Waals surface area (Å²) in [6, 6.07) is 7.29. The fourth-order valence-electron chi connectivity index (χ4n) is 10.6. The van der Waals surface area contributed by atoms with E-state index >= 15 is 0 Å². The van der Waals surface area contributed by atoms with Crippen LogP contribution in [0.5, 0.6) is 0 Å². The Bertz CT molecular complexity index is 998. The van der Waals surface area contributed by atoms with Crippen LogP contribution in [-0.2, 0) is 0 Å². The third-order valence-corrected chi connectivity index (χ3v) is 12.6. The van der Waals surface area contributed by atoms with Gasteiger partial charge in [-0.2, -0.15) is 0 Å². The molecule has 0 radical (unpaired) electrons. The van der Waals surface area contributed by atoms with E-state index in [0.29, 0.717) is 47.5 Å². The van der Waals surface area contributed by atoms with Crippen molar-refractivity contribution in [2.75, 3.05) is 0 Å². The zero-order chi connectivity index (χ0) is 25.3. The van der Waals surface area contributed by atoms with Gasteiger partial charge in [-0.25, -0.2) is 4.79 Å². The smallest absolute Gasteiger partial charge is 0.335 e. The molecule has 1 aromatic carbocycles. The van der Waals surface area contributed by atoms with Crippen LogP contribution in [0.25, 0.3) is 0 Å². The Morgan fingerprint density at radius 2 is 1.72 bits per heavy atom. The van der Waals surface area contributed by atoms with E-state index in [9.17, 15) is 20.1 Å². The number of carboxylic acids is 1. The van der Waals surface area contributed by atoms with Crippen LogP contribution in [0.4, 0.5) is 0 Å². The molecule has 4 nitrogen and oxygen atoms in total. The summed E-state index contributed by atoms with van der Waals surface area (Å²) in [4.78, 5) is 11.6. The summed E-state index contributed by atoms with van der Waals surface area (Å²) in [5, 5.41) is 32.3. The first-order valence-electron chi connectivity index (χ1n) is 14.9. The van der Waals surface area contributed by atoms with Crippen molar-refractivity contribution in [2.45, 2.75) is 115 Å². The summed E-state index contributed by atoms with van der Waals surface area (Å²) >= 11 is 0. The normalized spacial score (nSPS) is 47.8. The molecule has 1 aromatic rings. The van der Waals surface area contributed by atoms with Crippen molar-refractivity contribution >= 4 is 5.97 Å². The molecule has 4 heteroatoms. The average Bonchev–Trinajstić information content (AvgIpc) is 3.17. The van der Waals surface area contributed by atoms with Crippen LogP contribution < -0.4 is 0 Å². The first-order valence-corrected chi connectivity index (χ1v) is 14.9. The van der Waals surface area contributed by atoms with Crippen LogP contribution in [0.1, 0.15) is 119 Å². The lowest BCUT2D eigenvalue weighted by Gasteiger charge is -2.62.